The number of rotatable bonds is 6. The number of carbonyl (C=O) groups is 1. The molecule has 0 spiro atoms. The summed E-state index contributed by atoms with van der Waals surface area (Å²) in [5, 5.41) is 10.8. The summed E-state index contributed by atoms with van der Waals surface area (Å²) in [4.78, 5) is 12.3. The van der Waals surface area contributed by atoms with Crippen LogP contribution in [0.4, 0.5) is 0 Å². The number of aromatic nitrogens is 2. The third kappa shape index (κ3) is 3.87. The molecule has 0 radical (unpaired) electrons. The van der Waals surface area contributed by atoms with Crippen molar-refractivity contribution in [2.75, 3.05) is 33.4 Å². The van der Waals surface area contributed by atoms with Crippen LogP contribution in [0.2, 0.25) is 0 Å². The summed E-state index contributed by atoms with van der Waals surface area (Å²) >= 11 is 0. The number of hydrogen-bond donors (Lipinski definition) is 2. The van der Waals surface area contributed by atoms with Crippen molar-refractivity contribution in [3.63, 3.8) is 0 Å². The van der Waals surface area contributed by atoms with Crippen molar-refractivity contribution in [1.82, 2.24) is 20.4 Å². The molecule has 1 aromatic rings. The fourth-order valence-electron chi connectivity index (χ4n) is 3.22. The van der Waals surface area contributed by atoms with E-state index < -0.39 is 0 Å². The Labute approximate surface area is 132 Å². The molecule has 22 heavy (non-hydrogen) atoms. The molecule has 1 aliphatic heterocycles. The number of carbonyl (C=O) groups excluding carboxylic acids is 1. The van der Waals surface area contributed by atoms with Crippen LogP contribution in [-0.4, -0.2) is 49.0 Å². The molecule has 1 amide bonds. The first kappa shape index (κ1) is 17.0. The van der Waals surface area contributed by atoms with E-state index in [0.717, 1.165) is 42.9 Å². The minimum Gasteiger partial charge on any atom is -0.384 e. The summed E-state index contributed by atoms with van der Waals surface area (Å²) in [6.07, 6.45) is 2.46. The van der Waals surface area contributed by atoms with E-state index in [1.807, 2.05) is 25.6 Å². The van der Waals surface area contributed by atoms with E-state index >= 15 is 0 Å². The number of hydrogen-bond acceptors (Lipinski definition) is 4. The first-order valence-electron chi connectivity index (χ1n) is 7.93. The van der Waals surface area contributed by atoms with E-state index in [1.54, 1.807) is 7.11 Å². The monoisotopic (exact) mass is 308 g/mol. The number of methoxy groups -OCH3 is 1. The van der Waals surface area contributed by atoms with Crippen LogP contribution in [0.15, 0.2) is 0 Å². The van der Waals surface area contributed by atoms with Crippen molar-refractivity contribution in [2.24, 2.45) is 12.5 Å². The summed E-state index contributed by atoms with van der Waals surface area (Å²) in [6, 6.07) is 0. The third-order valence-corrected chi connectivity index (χ3v) is 4.77. The van der Waals surface area contributed by atoms with Crippen LogP contribution in [0.1, 0.15) is 29.8 Å². The molecule has 0 atom stereocenters. The first-order chi connectivity index (χ1) is 10.5. The van der Waals surface area contributed by atoms with Gasteiger partial charge in [-0.3, -0.25) is 9.48 Å². The minimum atomic E-state index is 0.0632. The third-order valence-electron chi connectivity index (χ3n) is 4.77. The Morgan fingerprint density at radius 3 is 2.64 bits per heavy atom. The smallest absolute Gasteiger partial charge is 0.224 e. The number of nitrogens with one attached hydrogen (secondary N) is 2. The topological polar surface area (TPSA) is 68.2 Å². The van der Waals surface area contributed by atoms with E-state index in [4.69, 9.17) is 4.74 Å². The van der Waals surface area contributed by atoms with Gasteiger partial charge in [-0.05, 0) is 39.8 Å². The molecule has 0 saturated carbocycles. The second-order valence-electron chi connectivity index (χ2n) is 6.41. The van der Waals surface area contributed by atoms with E-state index in [1.165, 1.54) is 0 Å². The Hall–Kier alpha value is -1.40. The molecule has 2 heterocycles. The average molecular weight is 308 g/mol. The van der Waals surface area contributed by atoms with Gasteiger partial charge in [-0.1, -0.05) is 0 Å². The SMILES string of the molecule is COCC1(CNC(=O)Cc2c(C)nn(C)c2C)CCNCC1. The van der Waals surface area contributed by atoms with Crippen LogP contribution in [0.25, 0.3) is 0 Å². The molecule has 6 nitrogen and oxygen atoms in total. The number of amides is 1. The molecule has 0 aromatic carbocycles. The fraction of sp³-hybridized carbons (Fsp3) is 0.750. The number of aryl methyl sites for hydroxylation is 2. The van der Waals surface area contributed by atoms with Crippen LogP contribution >= 0.6 is 0 Å². The molecule has 0 aliphatic carbocycles. The zero-order valence-corrected chi connectivity index (χ0v) is 14.2. The number of ether oxygens (including phenoxy) is 1. The lowest BCUT2D eigenvalue weighted by Crippen LogP contribution is -2.47. The molecule has 2 rings (SSSR count). The minimum absolute atomic E-state index is 0.0632. The molecule has 1 aliphatic rings. The van der Waals surface area contributed by atoms with Gasteiger partial charge >= 0.3 is 0 Å². The second-order valence-corrected chi connectivity index (χ2v) is 6.41. The molecule has 0 bridgehead atoms. The van der Waals surface area contributed by atoms with Crippen molar-refractivity contribution >= 4 is 5.91 Å². The van der Waals surface area contributed by atoms with Gasteiger partial charge in [-0.15, -0.1) is 0 Å². The summed E-state index contributed by atoms with van der Waals surface area (Å²) in [7, 11) is 3.64. The zero-order chi connectivity index (χ0) is 16.2. The predicted molar refractivity (Wildman–Crippen MR) is 85.8 cm³/mol. The van der Waals surface area contributed by atoms with Crippen LogP contribution in [-0.2, 0) is 23.0 Å². The second kappa shape index (κ2) is 7.24. The Bertz CT molecular complexity index is 513. The van der Waals surface area contributed by atoms with Gasteiger partial charge in [-0.25, -0.2) is 0 Å². The van der Waals surface area contributed by atoms with Gasteiger partial charge in [0.1, 0.15) is 0 Å². The van der Waals surface area contributed by atoms with Gasteiger partial charge in [0.15, 0.2) is 0 Å². The summed E-state index contributed by atoms with van der Waals surface area (Å²) in [6.45, 7) is 7.30. The maximum absolute atomic E-state index is 12.3. The molecule has 1 fully saturated rings. The molecule has 1 saturated heterocycles. The highest BCUT2D eigenvalue weighted by Gasteiger charge is 2.32. The maximum atomic E-state index is 12.3. The largest absolute Gasteiger partial charge is 0.384 e. The lowest BCUT2D eigenvalue weighted by molar-refractivity contribution is -0.121. The van der Waals surface area contributed by atoms with Gasteiger partial charge in [-0.2, -0.15) is 5.10 Å². The van der Waals surface area contributed by atoms with Crippen LogP contribution in [0, 0.1) is 19.3 Å². The number of nitrogens with zero attached hydrogens (tertiary/aromatic N) is 2. The van der Waals surface area contributed by atoms with Gasteiger partial charge in [0.25, 0.3) is 0 Å². The van der Waals surface area contributed by atoms with Crippen LogP contribution < -0.4 is 10.6 Å². The summed E-state index contributed by atoms with van der Waals surface area (Å²) in [5.74, 6) is 0.0632. The lowest BCUT2D eigenvalue weighted by Gasteiger charge is -2.37. The van der Waals surface area contributed by atoms with Crippen molar-refractivity contribution in [2.45, 2.75) is 33.1 Å². The highest BCUT2D eigenvalue weighted by molar-refractivity contribution is 5.79. The van der Waals surface area contributed by atoms with Crippen molar-refractivity contribution in [3.05, 3.63) is 17.0 Å². The van der Waals surface area contributed by atoms with Crippen LogP contribution in [0.5, 0.6) is 0 Å². The van der Waals surface area contributed by atoms with Gasteiger partial charge < -0.3 is 15.4 Å². The lowest BCUT2D eigenvalue weighted by atomic mass is 9.79. The molecule has 0 unspecified atom stereocenters. The number of piperidine rings is 1. The molecular weight excluding hydrogens is 280 g/mol. The molecule has 1 aromatic heterocycles. The van der Waals surface area contributed by atoms with Crippen molar-refractivity contribution in [1.29, 1.82) is 0 Å². The quantitative estimate of drug-likeness (QED) is 0.812. The van der Waals surface area contributed by atoms with Gasteiger partial charge in [0, 0.05) is 37.4 Å². The molecular formula is C16H28N4O2. The van der Waals surface area contributed by atoms with Crippen molar-refractivity contribution < 1.29 is 9.53 Å². The van der Waals surface area contributed by atoms with Crippen molar-refractivity contribution in [3.8, 4) is 0 Å². The maximum Gasteiger partial charge on any atom is 0.224 e. The highest BCUT2D eigenvalue weighted by atomic mass is 16.5. The Morgan fingerprint density at radius 2 is 2.09 bits per heavy atom. The molecule has 124 valence electrons. The Morgan fingerprint density at radius 1 is 1.41 bits per heavy atom. The standard InChI is InChI=1S/C16H28N4O2/c1-12-14(13(2)20(3)19-12)9-15(21)18-10-16(11-22-4)5-7-17-8-6-16/h17H,5-11H2,1-4H3,(H,18,21). The summed E-state index contributed by atoms with van der Waals surface area (Å²) in [5.41, 5.74) is 3.09. The summed E-state index contributed by atoms with van der Waals surface area (Å²) < 4.78 is 7.21. The zero-order valence-electron chi connectivity index (χ0n) is 14.2. The van der Waals surface area contributed by atoms with Gasteiger partial charge in [0.05, 0.1) is 18.7 Å². The van der Waals surface area contributed by atoms with E-state index in [9.17, 15) is 4.79 Å². The highest BCUT2D eigenvalue weighted by Crippen LogP contribution is 2.28. The predicted octanol–water partition coefficient (Wildman–Crippen LogP) is 0.712. The molecule has 6 heteroatoms. The van der Waals surface area contributed by atoms with Gasteiger partial charge in [0.2, 0.25) is 5.91 Å². The first-order valence-corrected chi connectivity index (χ1v) is 7.93. The van der Waals surface area contributed by atoms with E-state index in [0.29, 0.717) is 19.6 Å². The Balaban J connectivity index is 1.93. The normalized spacial score (nSPS) is 17.5. The van der Waals surface area contributed by atoms with Crippen LogP contribution in [0.3, 0.4) is 0 Å². The Kier molecular flexibility index (Phi) is 5.58. The fourth-order valence-corrected chi connectivity index (χ4v) is 3.22. The van der Waals surface area contributed by atoms with E-state index in [-0.39, 0.29) is 11.3 Å². The van der Waals surface area contributed by atoms with E-state index in [2.05, 4.69) is 15.7 Å². The average Bonchev–Trinajstić information content (AvgIpc) is 2.73. The molecule has 2 N–H and O–H groups in total.